The zero-order chi connectivity index (χ0) is 22.4. The molecular formula is C28H27BGeO2. The van der Waals surface area contributed by atoms with Crippen molar-refractivity contribution < 1.29 is 9.31 Å². The summed E-state index contributed by atoms with van der Waals surface area (Å²) in [6, 6.07) is 38.8. The third-order valence-electron chi connectivity index (χ3n) is 5.35. The number of hydrogen-bond donors (Lipinski definition) is 0. The van der Waals surface area contributed by atoms with Crippen LogP contribution in [-0.2, 0) is 5.41 Å². The van der Waals surface area contributed by atoms with E-state index in [2.05, 4.69) is 118 Å². The van der Waals surface area contributed by atoms with Gasteiger partial charge in [0.05, 0.1) is 0 Å². The van der Waals surface area contributed by atoms with Gasteiger partial charge < -0.3 is 9.31 Å². The second-order valence-corrected chi connectivity index (χ2v) is 13.9. The molecule has 158 valence electrons. The summed E-state index contributed by atoms with van der Waals surface area (Å²) in [4.78, 5) is 0. The summed E-state index contributed by atoms with van der Waals surface area (Å²) in [5.41, 5.74) is 1.41. The molecule has 5 rings (SSSR count). The van der Waals surface area contributed by atoms with Gasteiger partial charge >= 0.3 is 126 Å². The third-order valence-corrected chi connectivity index (χ3v) is 11.1. The molecule has 0 saturated carbocycles. The number of benzene rings is 4. The van der Waals surface area contributed by atoms with Crippen LogP contribution in [0.2, 0.25) is 0 Å². The minimum atomic E-state index is -1.63. The van der Waals surface area contributed by atoms with Crippen molar-refractivity contribution in [1.82, 2.24) is 0 Å². The monoisotopic (exact) mass is 480 g/mol. The molecular weight excluding hydrogens is 452 g/mol. The molecule has 1 aliphatic heterocycles. The predicted molar refractivity (Wildman–Crippen MR) is 136 cm³/mol. The fourth-order valence-corrected chi connectivity index (χ4v) is 9.01. The molecule has 0 N–H and O–H groups in total. The Kier molecular flexibility index (Phi) is 7.06. The maximum absolute atomic E-state index is 5.19. The van der Waals surface area contributed by atoms with Crippen LogP contribution in [0.25, 0.3) is 0 Å². The van der Waals surface area contributed by atoms with Crippen molar-refractivity contribution >= 4 is 35.2 Å². The first-order valence-electron chi connectivity index (χ1n) is 10.8. The molecule has 0 amide bonds. The fraction of sp³-hybridized carbons (Fsp3) is 0.143. The second kappa shape index (κ2) is 10.1. The molecule has 1 heterocycles. The number of hydrogen-bond acceptors (Lipinski definition) is 2. The second-order valence-electron chi connectivity index (χ2n) is 8.72. The molecule has 0 saturated heterocycles. The Morgan fingerprint density at radius 3 is 1.44 bits per heavy atom. The van der Waals surface area contributed by atoms with Crippen LogP contribution in [0.15, 0.2) is 109 Å². The van der Waals surface area contributed by atoms with E-state index in [1.54, 1.807) is 0 Å². The van der Waals surface area contributed by atoms with Crippen LogP contribution in [0.4, 0.5) is 0 Å². The minimum absolute atomic E-state index is 0.154. The van der Waals surface area contributed by atoms with Gasteiger partial charge in [0.25, 0.3) is 0 Å². The van der Waals surface area contributed by atoms with Gasteiger partial charge in [-0.3, -0.25) is 0 Å². The first-order valence-corrected chi connectivity index (χ1v) is 14.0. The molecule has 4 aromatic carbocycles. The van der Waals surface area contributed by atoms with Crippen LogP contribution in [0.5, 0.6) is 11.5 Å². The Hall–Kier alpha value is -2.91. The molecule has 0 bridgehead atoms. The normalized spacial score (nSPS) is 12.0. The van der Waals surface area contributed by atoms with Gasteiger partial charge in [0.2, 0.25) is 0 Å². The van der Waals surface area contributed by atoms with Crippen LogP contribution in [0.3, 0.4) is 0 Å². The first-order chi connectivity index (χ1) is 15.5. The summed E-state index contributed by atoms with van der Waals surface area (Å²) in [6.45, 7) is 6.52. The van der Waals surface area contributed by atoms with Crippen LogP contribution in [0, 0.1) is 0 Å². The van der Waals surface area contributed by atoms with E-state index in [-0.39, 0.29) is 5.41 Å². The van der Waals surface area contributed by atoms with Gasteiger partial charge in [-0.25, -0.2) is 0 Å². The maximum atomic E-state index is 5.19. The Bertz CT molecular complexity index is 1030. The number of fused-ring (bicyclic) bond motifs is 1. The molecule has 0 atom stereocenters. The average molecular weight is 479 g/mol. The Labute approximate surface area is 196 Å². The molecule has 0 aliphatic carbocycles. The average Bonchev–Trinajstić information content (AvgIpc) is 3.30. The van der Waals surface area contributed by atoms with Crippen molar-refractivity contribution in [1.29, 1.82) is 0 Å². The van der Waals surface area contributed by atoms with Gasteiger partial charge in [0.1, 0.15) is 11.5 Å². The zero-order valence-corrected chi connectivity index (χ0v) is 20.9. The van der Waals surface area contributed by atoms with Crippen molar-refractivity contribution in [3.8, 4) is 11.5 Å². The summed E-state index contributed by atoms with van der Waals surface area (Å²) >= 11 is -1.63. The van der Waals surface area contributed by atoms with Crippen LogP contribution >= 0.6 is 0 Å². The summed E-state index contributed by atoms with van der Waals surface area (Å²) in [7, 11) is 1.36. The van der Waals surface area contributed by atoms with E-state index in [0.717, 1.165) is 11.5 Å². The van der Waals surface area contributed by atoms with E-state index >= 15 is 0 Å². The molecule has 2 radical (unpaired) electrons. The summed E-state index contributed by atoms with van der Waals surface area (Å²) in [6.07, 6.45) is 0. The van der Waals surface area contributed by atoms with Gasteiger partial charge in [-0.15, -0.1) is 0 Å². The van der Waals surface area contributed by atoms with Crippen LogP contribution in [-0.4, -0.2) is 22.0 Å². The van der Waals surface area contributed by atoms with Gasteiger partial charge in [0.15, 0.2) is 0 Å². The van der Waals surface area contributed by atoms with Gasteiger partial charge in [-0.05, 0) is 23.1 Å². The summed E-state index contributed by atoms with van der Waals surface area (Å²) < 4.78 is 14.8. The van der Waals surface area contributed by atoms with Crippen molar-refractivity contribution in [2.45, 2.75) is 26.2 Å². The molecule has 0 aromatic heterocycles. The Morgan fingerprint density at radius 2 is 1.00 bits per heavy atom. The number of rotatable bonds is 3. The topological polar surface area (TPSA) is 18.5 Å². The van der Waals surface area contributed by atoms with Crippen LogP contribution < -0.4 is 22.5 Å². The third kappa shape index (κ3) is 5.46. The van der Waals surface area contributed by atoms with Gasteiger partial charge in [-0.2, -0.15) is 0 Å². The van der Waals surface area contributed by atoms with Crippen molar-refractivity contribution in [3.05, 3.63) is 115 Å². The first kappa shape index (κ1) is 22.3. The molecule has 0 spiro atoms. The quantitative estimate of drug-likeness (QED) is 0.404. The molecule has 1 aliphatic rings. The van der Waals surface area contributed by atoms with Gasteiger partial charge in [-0.1, -0.05) is 26.8 Å². The summed E-state index contributed by atoms with van der Waals surface area (Å²) in [5, 5.41) is 0. The predicted octanol–water partition coefficient (Wildman–Crippen LogP) is 4.49. The zero-order valence-electron chi connectivity index (χ0n) is 18.8. The fourth-order valence-electron chi connectivity index (χ4n) is 3.61. The standard InChI is InChI=1S/C18H15Ge.C10H12BO2/c1-4-10-16(11-5-1)19(17-12-6-2-7-13-17)18-14-8-3-9-15-18;1-10(2,3)7-4-5-8-9(6-7)13-11-12-8/h1-15H;4-6H,1-3H3. The van der Waals surface area contributed by atoms with E-state index in [1.807, 2.05) is 12.1 Å². The van der Waals surface area contributed by atoms with E-state index in [0.29, 0.717) is 0 Å². The molecule has 2 nitrogen and oxygen atoms in total. The van der Waals surface area contributed by atoms with Crippen LogP contribution in [0.1, 0.15) is 26.3 Å². The molecule has 32 heavy (non-hydrogen) atoms. The Balaban J connectivity index is 0.000000165. The van der Waals surface area contributed by atoms with Gasteiger partial charge in [0, 0.05) is 0 Å². The molecule has 0 unspecified atom stereocenters. The summed E-state index contributed by atoms with van der Waals surface area (Å²) in [5.74, 6) is 1.61. The van der Waals surface area contributed by atoms with E-state index < -0.39 is 14.3 Å². The van der Waals surface area contributed by atoms with Crippen molar-refractivity contribution in [3.63, 3.8) is 0 Å². The van der Waals surface area contributed by atoms with Crippen molar-refractivity contribution in [2.75, 3.05) is 0 Å². The molecule has 4 heteroatoms. The van der Waals surface area contributed by atoms with E-state index in [1.165, 1.54) is 26.4 Å². The molecule has 4 aromatic rings. The van der Waals surface area contributed by atoms with E-state index in [4.69, 9.17) is 9.31 Å². The molecule has 0 fully saturated rings. The van der Waals surface area contributed by atoms with Crippen molar-refractivity contribution in [2.24, 2.45) is 0 Å². The Morgan fingerprint density at radius 1 is 0.562 bits per heavy atom. The SMILES string of the molecule is CC(C)(C)c1ccc2c(c1)O[B]O2.c1cc[c]([Ge]([c]2ccccc2)[c]2ccccc2)cc1. The van der Waals surface area contributed by atoms with E-state index in [9.17, 15) is 0 Å².